The number of hydrogen-bond acceptors (Lipinski definition) is 2. The maximum atomic E-state index is 3.58. The number of thiophene rings is 1. The Morgan fingerprint density at radius 1 is 1.21 bits per heavy atom. The van der Waals surface area contributed by atoms with Crippen LogP contribution in [0, 0.1) is 0 Å². The van der Waals surface area contributed by atoms with Gasteiger partial charge < -0.3 is 5.32 Å². The van der Waals surface area contributed by atoms with Crippen LogP contribution in [0.1, 0.15) is 47.3 Å². The summed E-state index contributed by atoms with van der Waals surface area (Å²) in [5.74, 6) is 0.851. The predicted octanol–water partition coefficient (Wildman–Crippen LogP) is 4.48. The summed E-state index contributed by atoms with van der Waals surface area (Å²) in [7, 11) is 0. The van der Waals surface area contributed by atoms with Crippen molar-refractivity contribution in [1.29, 1.82) is 0 Å². The molecule has 0 spiro atoms. The molecule has 0 atom stereocenters. The molecule has 1 aliphatic carbocycles. The van der Waals surface area contributed by atoms with Crippen molar-refractivity contribution >= 4 is 11.3 Å². The largest absolute Gasteiger partial charge is 0.308 e. The van der Waals surface area contributed by atoms with Gasteiger partial charge in [-0.1, -0.05) is 31.2 Å². The minimum Gasteiger partial charge on any atom is -0.308 e. The first-order valence-electron chi connectivity index (χ1n) is 7.21. The third-order valence-electron chi connectivity index (χ3n) is 3.83. The molecule has 0 radical (unpaired) electrons. The van der Waals surface area contributed by atoms with Crippen molar-refractivity contribution in [2.45, 2.75) is 45.2 Å². The SMILES string of the molecule is CCc1ccsc1CNCc1cccc(C2CC2)c1. The van der Waals surface area contributed by atoms with E-state index in [2.05, 4.69) is 48.0 Å². The summed E-state index contributed by atoms with van der Waals surface area (Å²) in [5, 5.41) is 5.77. The van der Waals surface area contributed by atoms with Crippen LogP contribution in [0.5, 0.6) is 0 Å². The molecule has 1 N–H and O–H groups in total. The van der Waals surface area contributed by atoms with Gasteiger partial charge in [-0.3, -0.25) is 0 Å². The Kier molecular flexibility index (Phi) is 4.00. The molecule has 3 rings (SSSR count). The van der Waals surface area contributed by atoms with Gasteiger partial charge in [0.15, 0.2) is 0 Å². The van der Waals surface area contributed by atoms with Gasteiger partial charge in [0.1, 0.15) is 0 Å². The second-order valence-electron chi connectivity index (χ2n) is 5.35. The Morgan fingerprint density at radius 3 is 2.89 bits per heavy atom. The number of rotatable bonds is 6. The molecule has 0 amide bonds. The van der Waals surface area contributed by atoms with Crippen molar-refractivity contribution in [1.82, 2.24) is 5.32 Å². The van der Waals surface area contributed by atoms with Crippen molar-refractivity contribution in [3.63, 3.8) is 0 Å². The highest BCUT2D eigenvalue weighted by molar-refractivity contribution is 7.10. The fraction of sp³-hybridized carbons (Fsp3) is 0.412. The van der Waals surface area contributed by atoms with Gasteiger partial charge in [0, 0.05) is 18.0 Å². The average molecular weight is 271 g/mol. The van der Waals surface area contributed by atoms with Crippen LogP contribution in [0.2, 0.25) is 0 Å². The molecule has 2 aromatic rings. The van der Waals surface area contributed by atoms with Gasteiger partial charge in [0.05, 0.1) is 0 Å². The molecule has 1 fully saturated rings. The molecule has 19 heavy (non-hydrogen) atoms. The lowest BCUT2D eigenvalue weighted by molar-refractivity contribution is 0.696. The number of aryl methyl sites for hydroxylation is 1. The highest BCUT2D eigenvalue weighted by Gasteiger charge is 2.23. The van der Waals surface area contributed by atoms with E-state index in [0.717, 1.165) is 25.4 Å². The van der Waals surface area contributed by atoms with Crippen LogP contribution < -0.4 is 5.32 Å². The van der Waals surface area contributed by atoms with Gasteiger partial charge in [-0.05, 0) is 53.3 Å². The van der Waals surface area contributed by atoms with Crippen molar-refractivity contribution in [2.75, 3.05) is 0 Å². The van der Waals surface area contributed by atoms with Crippen LogP contribution in [0.15, 0.2) is 35.7 Å². The standard InChI is InChI=1S/C17H21NS/c1-2-14-8-9-19-17(14)12-18-11-13-4-3-5-16(10-13)15-6-7-15/h3-5,8-10,15,18H,2,6-7,11-12H2,1H3. The smallest absolute Gasteiger partial charge is 0.0305 e. The van der Waals surface area contributed by atoms with Crippen LogP contribution in [0.25, 0.3) is 0 Å². The van der Waals surface area contributed by atoms with Crippen molar-refractivity contribution < 1.29 is 0 Å². The normalized spacial score (nSPS) is 14.8. The van der Waals surface area contributed by atoms with Crippen molar-refractivity contribution in [3.05, 3.63) is 57.3 Å². The summed E-state index contributed by atoms with van der Waals surface area (Å²) in [6.07, 6.45) is 3.90. The van der Waals surface area contributed by atoms with Gasteiger partial charge in [-0.25, -0.2) is 0 Å². The first-order valence-corrected chi connectivity index (χ1v) is 8.09. The van der Waals surface area contributed by atoms with Crippen LogP contribution in [-0.4, -0.2) is 0 Å². The van der Waals surface area contributed by atoms with Gasteiger partial charge in [-0.2, -0.15) is 0 Å². The second-order valence-corrected chi connectivity index (χ2v) is 6.35. The molecule has 1 saturated carbocycles. The van der Waals surface area contributed by atoms with E-state index in [1.807, 2.05) is 11.3 Å². The van der Waals surface area contributed by atoms with Gasteiger partial charge in [0.25, 0.3) is 0 Å². The van der Waals surface area contributed by atoms with Crippen LogP contribution in [0.3, 0.4) is 0 Å². The number of nitrogens with one attached hydrogen (secondary N) is 1. The maximum Gasteiger partial charge on any atom is 0.0305 e. The minimum absolute atomic E-state index is 0.851. The van der Waals surface area contributed by atoms with Crippen molar-refractivity contribution in [3.8, 4) is 0 Å². The lowest BCUT2D eigenvalue weighted by Gasteiger charge is -2.07. The van der Waals surface area contributed by atoms with E-state index in [1.165, 1.54) is 34.4 Å². The highest BCUT2D eigenvalue weighted by atomic mass is 32.1. The molecular formula is C17H21NS. The molecule has 100 valence electrons. The third kappa shape index (κ3) is 3.26. The molecule has 1 heterocycles. The van der Waals surface area contributed by atoms with E-state index >= 15 is 0 Å². The summed E-state index contributed by atoms with van der Waals surface area (Å²) in [6, 6.07) is 11.3. The number of benzene rings is 1. The fourth-order valence-corrected chi connectivity index (χ4v) is 3.48. The maximum absolute atomic E-state index is 3.58. The Hall–Kier alpha value is -1.12. The molecule has 0 bridgehead atoms. The van der Waals surface area contributed by atoms with E-state index in [-0.39, 0.29) is 0 Å². The Morgan fingerprint density at radius 2 is 2.11 bits per heavy atom. The van der Waals surface area contributed by atoms with E-state index in [4.69, 9.17) is 0 Å². The zero-order valence-corrected chi connectivity index (χ0v) is 12.3. The van der Waals surface area contributed by atoms with E-state index < -0.39 is 0 Å². The van der Waals surface area contributed by atoms with Crippen LogP contribution in [0.4, 0.5) is 0 Å². The quantitative estimate of drug-likeness (QED) is 0.817. The topological polar surface area (TPSA) is 12.0 Å². The first-order chi connectivity index (χ1) is 9.36. The molecule has 1 aromatic heterocycles. The van der Waals surface area contributed by atoms with Gasteiger partial charge in [0.2, 0.25) is 0 Å². The summed E-state index contributed by atoms with van der Waals surface area (Å²) < 4.78 is 0. The molecular weight excluding hydrogens is 250 g/mol. The highest BCUT2D eigenvalue weighted by Crippen LogP contribution is 2.40. The molecule has 0 aliphatic heterocycles. The minimum atomic E-state index is 0.851. The zero-order valence-electron chi connectivity index (χ0n) is 11.5. The summed E-state index contributed by atoms with van der Waals surface area (Å²) >= 11 is 1.86. The Labute approximate surface area is 119 Å². The molecule has 1 nitrogen and oxygen atoms in total. The van der Waals surface area contributed by atoms with Gasteiger partial charge >= 0.3 is 0 Å². The Balaban J connectivity index is 1.56. The first kappa shape index (κ1) is 12.9. The molecule has 0 saturated heterocycles. The van der Waals surface area contributed by atoms with E-state index in [0.29, 0.717) is 0 Å². The predicted molar refractivity (Wildman–Crippen MR) is 82.7 cm³/mol. The van der Waals surface area contributed by atoms with E-state index in [9.17, 15) is 0 Å². The monoisotopic (exact) mass is 271 g/mol. The van der Waals surface area contributed by atoms with E-state index in [1.54, 1.807) is 0 Å². The summed E-state index contributed by atoms with van der Waals surface area (Å²) in [6.45, 7) is 4.20. The molecule has 1 aliphatic rings. The molecule has 1 aromatic carbocycles. The third-order valence-corrected chi connectivity index (χ3v) is 4.80. The average Bonchev–Trinajstić information content (AvgIpc) is 3.20. The van der Waals surface area contributed by atoms with Gasteiger partial charge in [-0.15, -0.1) is 11.3 Å². The second kappa shape index (κ2) is 5.89. The van der Waals surface area contributed by atoms with Crippen molar-refractivity contribution in [2.24, 2.45) is 0 Å². The lowest BCUT2D eigenvalue weighted by Crippen LogP contribution is -2.12. The van der Waals surface area contributed by atoms with Crippen LogP contribution in [-0.2, 0) is 19.5 Å². The Bertz CT molecular complexity index is 540. The summed E-state index contributed by atoms with van der Waals surface area (Å²) in [4.78, 5) is 1.49. The zero-order chi connectivity index (χ0) is 13.1. The molecule has 0 unspecified atom stereocenters. The van der Waals surface area contributed by atoms with Crippen LogP contribution >= 0.6 is 11.3 Å². The lowest BCUT2D eigenvalue weighted by atomic mass is 10.1. The number of hydrogen-bond donors (Lipinski definition) is 1. The fourth-order valence-electron chi connectivity index (χ4n) is 2.53. The summed E-state index contributed by atoms with van der Waals surface area (Å²) in [5.41, 5.74) is 4.44. The molecule has 2 heteroatoms.